The zero-order valence-electron chi connectivity index (χ0n) is 16.2. The van der Waals surface area contributed by atoms with Crippen molar-refractivity contribution in [3.8, 4) is 0 Å². The van der Waals surface area contributed by atoms with Crippen molar-refractivity contribution in [2.75, 3.05) is 13.7 Å². The Morgan fingerprint density at radius 2 is 1.56 bits per heavy atom. The average Bonchev–Trinajstić information content (AvgIpc) is 2.42. The maximum absolute atomic E-state index is 12.3. The molecule has 1 N–H and O–H groups in total. The lowest BCUT2D eigenvalue weighted by Gasteiger charge is -2.38. The predicted molar refractivity (Wildman–Crippen MR) is 91.1 cm³/mol. The van der Waals surface area contributed by atoms with Gasteiger partial charge in [0, 0.05) is 12.6 Å². The van der Waals surface area contributed by atoms with Crippen molar-refractivity contribution in [3.05, 3.63) is 0 Å². The number of hydrogen-bond acceptors (Lipinski definition) is 6. The van der Waals surface area contributed by atoms with Gasteiger partial charge in [-0.15, -0.1) is 0 Å². The van der Waals surface area contributed by atoms with Gasteiger partial charge in [0.15, 0.2) is 0 Å². The van der Waals surface area contributed by atoms with Crippen LogP contribution in [0.4, 0.5) is 9.59 Å². The van der Waals surface area contributed by atoms with Gasteiger partial charge in [0.25, 0.3) is 0 Å². The first-order chi connectivity index (χ1) is 11.3. The summed E-state index contributed by atoms with van der Waals surface area (Å²) in [6.07, 6.45) is -0.387. The third-order valence-corrected chi connectivity index (χ3v) is 3.42. The summed E-state index contributed by atoms with van der Waals surface area (Å²) in [6.45, 7) is 10.9. The summed E-state index contributed by atoms with van der Waals surface area (Å²) in [5.74, 6) is -0.540. The number of methoxy groups -OCH3 is 1. The van der Waals surface area contributed by atoms with Crippen molar-refractivity contribution in [1.82, 2.24) is 10.2 Å². The topological polar surface area (TPSA) is 94.2 Å². The lowest BCUT2D eigenvalue weighted by atomic mass is 9.97. The molecule has 1 fully saturated rings. The molecular formula is C17H30N2O6. The molecule has 2 amide bonds. The lowest BCUT2D eigenvalue weighted by Crippen LogP contribution is -2.56. The van der Waals surface area contributed by atoms with Gasteiger partial charge in [0.1, 0.15) is 17.2 Å². The van der Waals surface area contributed by atoms with E-state index >= 15 is 0 Å². The third-order valence-electron chi connectivity index (χ3n) is 3.42. The van der Waals surface area contributed by atoms with Crippen molar-refractivity contribution in [3.63, 3.8) is 0 Å². The van der Waals surface area contributed by atoms with Gasteiger partial charge < -0.3 is 19.5 Å². The lowest BCUT2D eigenvalue weighted by molar-refractivity contribution is -0.148. The molecule has 1 aliphatic rings. The molecule has 0 spiro atoms. The van der Waals surface area contributed by atoms with Gasteiger partial charge in [-0.3, -0.25) is 4.90 Å². The predicted octanol–water partition coefficient (Wildman–Crippen LogP) is 2.45. The van der Waals surface area contributed by atoms with Gasteiger partial charge in [-0.25, -0.2) is 14.4 Å². The first kappa shape index (κ1) is 21.1. The minimum atomic E-state index is -0.812. The van der Waals surface area contributed by atoms with Crippen LogP contribution < -0.4 is 5.32 Å². The second-order valence-electron chi connectivity index (χ2n) is 8.08. The fourth-order valence-corrected chi connectivity index (χ4v) is 2.47. The number of nitrogens with one attached hydrogen (secondary N) is 1. The van der Waals surface area contributed by atoms with Gasteiger partial charge in [0.2, 0.25) is 0 Å². The number of hydrogen-bond donors (Lipinski definition) is 1. The second-order valence-corrected chi connectivity index (χ2v) is 8.08. The minimum absolute atomic E-state index is 0.241. The number of esters is 1. The fraction of sp³-hybridized carbons (Fsp3) is 0.824. The van der Waals surface area contributed by atoms with Crippen LogP contribution in [-0.2, 0) is 19.0 Å². The van der Waals surface area contributed by atoms with Gasteiger partial charge >= 0.3 is 18.2 Å². The monoisotopic (exact) mass is 358 g/mol. The van der Waals surface area contributed by atoms with Crippen molar-refractivity contribution < 1.29 is 28.6 Å². The molecule has 8 nitrogen and oxygen atoms in total. The van der Waals surface area contributed by atoms with Crippen molar-refractivity contribution in [1.29, 1.82) is 0 Å². The van der Waals surface area contributed by atoms with Crippen LogP contribution in [0.1, 0.15) is 54.4 Å². The molecule has 0 aromatic rings. The van der Waals surface area contributed by atoms with Crippen LogP contribution in [-0.4, -0.2) is 60.0 Å². The average molecular weight is 358 g/mol. The van der Waals surface area contributed by atoms with E-state index in [1.807, 2.05) is 0 Å². The van der Waals surface area contributed by atoms with Crippen LogP contribution in [0.25, 0.3) is 0 Å². The van der Waals surface area contributed by atoms with E-state index in [9.17, 15) is 14.4 Å². The van der Waals surface area contributed by atoms with E-state index < -0.39 is 35.4 Å². The molecule has 2 atom stereocenters. The Bertz CT molecular complexity index is 506. The Kier molecular flexibility index (Phi) is 6.68. The quantitative estimate of drug-likeness (QED) is 0.602. The first-order valence-corrected chi connectivity index (χ1v) is 8.39. The van der Waals surface area contributed by atoms with E-state index in [0.717, 1.165) is 0 Å². The number of carbonyl (C=O) groups excluding carboxylic acids is 3. The number of piperidine rings is 1. The molecule has 25 heavy (non-hydrogen) atoms. The molecule has 0 aromatic carbocycles. The zero-order chi connectivity index (χ0) is 19.4. The van der Waals surface area contributed by atoms with E-state index in [0.29, 0.717) is 6.42 Å². The summed E-state index contributed by atoms with van der Waals surface area (Å²) < 4.78 is 15.4. The Hall–Kier alpha value is -1.99. The maximum atomic E-state index is 12.3. The summed E-state index contributed by atoms with van der Waals surface area (Å²) in [7, 11) is 1.26. The SMILES string of the molecule is COC(=O)[C@H]1C[C@H](NC(=O)OC(C)(C)C)CCN1C(=O)OC(C)(C)C. The summed E-state index contributed by atoms with van der Waals surface area (Å²) in [4.78, 5) is 37.7. The molecule has 0 saturated carbocycles. The van der Waals surface area contributed by atoms with Crippen molar-refractivity contribution in [2.24, 2.45) is 0 Å². The standard InChI is InChI=1S/C17H30N2O6/c1-16(2,3)24-14(21)18-11-8-9-19(12(10-11)13(20)23-7)15(22)25-17(4,5)6/h11-12H,8-10H2,1-7H3,(H,18,21)/t11-,12-/m1/s1. The van der Waals surface area contributed by atoms with E-state index in [1.165, 1.54) is 12.0 Å². The Labute approximate surface area is 149 Å². The zero-order valence-corrected chi connectivity index (χ0v) is 16.2. The summed E-state index contributed by atoms with van der Waals surface area (Å²) in [6, 6.07) is -1.11. The van der Waals surface area contributed by atoms with E-state index in [-0.39, 0.29) is 19.0 Å². The molecule has 0 bridgehead atoms. The van der Waals surface area contributed by atoms with Crippen LogP contribution in [0.5, 0.6) is 0 Å². The van der Waals surface area contributed by atoms with Crippen molar-refractivity contribution in [2.45, 2.75) is 77.7 Å². The highest BCUT2D eigenvalue weighted by Crippen LogP contribution is 2.22. The number of alkyl carbamates (subject to hydrolysis) is 1. The maximum Gasteiger partial charge on any atom is 0.411 e. The van der Waals surface area contributed by atoms with Gasteiger partial charge in [0.05, 0.1) is 7.11 Å². The third kappa shape index (κ3) is 7.19. The normalized spacial score (nSPS) is 21.3. The Morgan fingerprint density at radius 1 is 1.00 bits per heavy atom. The first-order valence-electron chi connectivity index (χ1n) is 8.39. The van der Waals surface area contributed by atoms with Crippen LogP contribution >= 0.6 is 0 Å². The highest BCUT2D eigenvalue weighted by Gasteiger charge is 2.39. The van der Waals surface area contributed by atoms with Crippen LogP contribution in [0, 0.1) is 0 Å². The van der Waals surface area contributed by atoms with Crippen LogP contribution in [0.2, 0.25) is 0 Å². The largest absolute Gasteiger partial charge is 0.467 e. The van der Waals surface area contributed by atoms with E-state index in [1.54, 1.807) is 41.5 Å². The van der Waals surface area contributed by atoms with Gasteiger partial charge in [-0.2, -0.15) is 0 Å². The number of ether oxygens (including phenoxy) is 3. The Morgan fingerprint density at radius 3 is 2.04 bits per heavy atom. The van der Waals surface area contributed by atoms with Crippen molar-refractivity contribution >= 4 is 18.2 Å². The van der Waals surface area contributed by atoms with Gasteiger partial charge in [-0.05, 0) is 54.4 Å². The smallest absolute Gasteiger partial charge is 0.411 e. The van der Waals surface area contributed by atoms with E-state index in [2.05, 4.69) is 5.32 Å². The number of rotatable bonds is 2. The molecule has 1 saturated heterocycles. The number of likely N-dealkylation sites (tertiary alicyclic amines) is 1. The minimum Gasteiger partial charge on any atom is -0.467 e. The molecule has 1 aliphatic heterocycles. The molecular weight excluding hydrogens is 328 g/mol. The molecule has 1 rings (SSSR count). The van der Waals surface area contributed by atoms with Crippen LogP contribution in [0.3, 0.4) is 0 Å². The molecule has 0 radical (unpaired) electrons. The molecule has 0 aliphatic carbocycles. The summed E-state index contributed by atoms with van der Waals surface area (Å²) >= 11 is 0. The molecule has 0 aromatic heterocycles. The second kappa shape index (κ2) is 7.93. The highest BCUT2D eigenvalue weighted by atomic mass is 16.6. The fourth-order valence-electron chi connectivity index (χ4n) is 2.47. The number of carbonyl (C=O) groups is 3. The van der Waals surface area contributed by atoms with Crippen LogP contribution in [0.15, 0.2) is 0 Å². The molecule has 144 valence electrons. The van der Waals surface area contributed by atoms with Gasteiger partial charge in [-0.1, -0.05) is 0 Å². The summed E-state index contributed by atoms with van der Waals surface area (Å²) in [5, 5.41) is 2.74. The Balaban J connectivity index is 2.77. The number of nitrogens with zero attached hydrogens (tertiary/aromatic N) is 1. The highest BCUT2D eigenvalue weighted by molar-refractivity contribution is 5.82. The molecule has 1 heterocycles. The molecule has 0 unspecified atom stereocenters. The number of amides is 2. The van der Waals surface area contributed by atoms with E-state index in [4.69, 9.17) is 14.2 Å². The molecule has 8 heteroatoms. The summed E-state index contributed by atoms with van der Waals surface area (Å²) in [5.41, 5.74) is -1.27.